The molecule has 0 aliphatic rings. The van der Waals surface area contributed by atoms with Crippen LogP contribution in [0.2, 0.25) is 0 Å². The van der Waals surface area contributed by atoms with Crippen molar-refractivity contribution in [3.8, 4) is 0 Å². The summed E-state index contributed by atoms with van der Waals surface area (Å²) >= 11 is 0.835. The Morgan fingerprint density at radius 3 is 2.77 bits per heavy atom. The van der Waals surface area contributed by atoms with Gasteiger partial charge in [-0.05, 0) is 21.6 Å². The summed E-state index contributed by atoms with van der Waals surface area (Å²) in [4.78, 5) is 11.2. The van der Waals surface area contributed by atoms with Crippen LogP contribution in [-0.2, 0) is 8.98 Å². The Kier molecular flexibility index (Phi) is 5.50. The molecule has 0 fully saturated rings. The summed E-state index contributed by atoms with van der Waals surface area (Å²) in [5.41, 5.74) is 0. The number of hydrogen-bond donors (Lipinski definition) is 1. The Labute approximate surface area is 86.1 Å². The average molecular weight is 205 g/mol. The van der Waals surface area contributed by atoms with Crippen LogP contribution in [0.1, 0.15) is 27.2 Å². The van der Waals surface area contributed by atoms with Crippen LogP contribution in [0.4, 0.5) is 0 Å². The highest BCUT2D eigenvalue weighted by Crippen LogP contribution is 2.20. The van der Waals surface area contributed by atoms with Gasteiger partial charge in [-0.1, -0.05) is 18.8 Å². The normalized spacial score (nSPS) is 18.6. The summed E-state index contributed by atoms with van der Waals surface area (Å²) in [7, 11) is 1.03. The predicted octanol–water partition coefficient (Wildman–Crippen LogP) is 0.832. The molecule has 0 unspecified atom stereocenters. The number of carbonyl (C=O) groups is 1. The Balaban J connectivity index is 4.35. The molecule has 0 aromatic carbocycles. The minimum atomic E-state index is -0.712. The molecule has 1 radical (unpaired) electrons. The summed E-state index contributed by atoms with van der Waals surface area (Å²) < 4.78 is 12.0. The summed E-state index contributed by atoms with van der Waals surface area (Å²) in [5, 5.41) is 9.42. The zero-order chi connectivity index (χ0) is 11.1. The molecule has 13 heavy (non-hydrogen) atoms. The number of carbonyl (C=O) groups excluding carboxylic acids is 1. The molecule has 3 nitrogen and oxygen atoms in total. The molecule has 1 N–H and O–H groups in total. The molecule has 0 bridgehead atoms. The topological polar surface area (TPSA) is 46.5 Å². The lowest BCUT2D eigenvalue weighted by Gasteiger charge is -2.25. The highest BCUT2D eigenvalue weighted by atomic mass is 32.2. The molecule has 0 aromatic heterocycles. The van der Waals surface area contributed by atoms with Crippen LogP contribution in [0.3, 0.4) is 0 Å². The number of hydrogen-bond acceptors (Lipinski definition) is 4. The molecule has 3 atom stereocenters. The molecule has 0 spiro atoms. The van der Waals surface area contributed by atoms with Gasteiger partial charge >= 0.3 is 0 Å². The van der Waals surface area contributed by atoms with E-state index in [2.05, 4.69) is 0 Å². The predicted molar refractivity (Wildman–Crippen MR) is 55.8 cm³/mol. The molecule has 5 heteroatoms. The van der Waals surface area contributed by atoms with E-state index in [-0.39, 0.29) is 11.7 Å². The van der Waals surface area contributed by atoms with Crippen LogP contribution in [0.25, 0.3) is 0 Å². The molecule has 0 amide bonds. The first-order chi connectivity index (χ1) is 6.54. The molecule has 0 aromatic rings. The van der Waals surface area contributed by atoms with Gasteiger partial charge in [-0.25, -0.2) is 0 Å². The van der Waals surface area contributed by atoms with E-state index in [1.165, 1.54) is 6.92 Å². The highest BCUT2D eigenvalue weighted by Gasteiger charge is 2.28. The fourth-order valence-corrected chi connectivity index (χ4v) is 1.72. The summed E-state index contributed by atoms with van der Waals surface area (Å²) in [6.45, 7) is 4.95. The maximum Gasteiger partial charge on any atom is 0.209 e. The number of Topliss-reactive ketones (excluding diaryl/α,β-unsaturated/α-hetero) is 1. The Morgan fingerprint density at radius 1 is 1.85 bits per heavy atom. The lowest BCUT2D eigenvalue weighted by molar-refractivity contribution is -0.125. The van der Waals surface area contributed by atoms with Gasteiger partial charge in [-0.15, -0.1) is 0 Å². The molecule has 0 aliphatic carbocycles. The van der Waals surface area contributed by atoms with Crippen molar-refractivity contribution in [2.45, 2.75) is 39.4 Å². The second-order valence-corrected chi connectivity index (χ2v) is 3.41. The second-order valence-electron chi connectivity index (χ2n) is 3.02. The number of rotatable bonds is 7. The minimum absolute atomic E-state index is 0.00369. The van der Waals surface area contributed by atoms with Gasteiger partial charge in [0, 0.05) is 5.92 Å². The van der Waals surface area contributed by atoms with Crippen molar-refractivity contribution in [3.63, 3.8) is 0 Å². The molecule has 0 heterocycles. The third-order valence-electron chi connectivity index (χ3n) is 2.00. The van der Waals surface area contributed by atoms with E-state index in [0.29, 0.717) is 6.42 Å². The van der Waals surface area contributed by atoms with Crippen molar-refractivity contribution in [1.29, 1.82) is 1.34 Å². The van der Waals surface area contributed by atoms with Crippen LogP contribution in [0.15, 0.2) is 0 Å². The first kappa shape index (κ1) is 11.1. The van der Waals surface area contributed by atoms with E-state index in [1.807, 2.05) is 6.92 Å². The lowest BCUT2D eigenvalue weighted by atomic mass is 9.92. The van der Waals surface area contributed by atoms with Crippen LogP contribution in [0, 0.1) is 5.92 Å². The average Bonchev–Trinajstić information content (AvgIpc) is 2.10. The Morgan fingerprint density at radius 2 is 2.46 bits per heavy atom. The molecule has 0 rings (SSSR count). The van der Waals surface area contributed by atoms with Crippen LogP contribution >= 0.6 is 11.9 Å². The number of aliphatic hydroxyl groups is 1. The minimum Gasteiger partial charge on any atom is -0.391 e. The fourth-order valence-electron chi connectivity index (χ4n) is 1.30. The van der Waals surface area contributed by atoms with Crippen molar-refractivity contribution >= 4 is 24.8 Å². The zero-order valence-electron chi connectivity index (χ0n) is 9.19. The van der Waals surface area contributed by atoms with Gasteiger partial charge < -0.3 is 9.29 Å². The molecular formula is C8H16BO3S. The van der Waals surface area contributed by atoms with Crippen molar-refractivity contribution in [2.75, 3.05) is 0 Å². The van der Waals surface area contributed by atoms with Crippen molar-refractivity contribution in [2.24, 2.45) is 5.92 Å². The quantitative estimate of drug-likeness (QED) is 0.494. The largest absolute Gasteiger partial charge is 0.391 e. The van der Waals surface area contributed by atoms with Gasteiger partial charge in [0.2, 0.25) is 7.09 Å². The second kappa shape index (κ2) is 6.46. The fraction of sp³-hybridized carbons (Fsp3) is 0.875. The first-order valence-electron chi connectivity index (χ1n) is 4.83. The maximum absolute atomic E-state index is 11.2. The van der Waals surface area contributed by atoms with E-state index >= 15 is 0 Å². The van der Waals surface area contributed by atoms with E-state index in [4.69, 9.17) is 5.52 Å². The van der Waals surface area contributed by atoms with Crippen molar-refractivity contribution < 1.29 is 14.1 Å². The van der Waals surface area contributed by atoms with E-state index in [0.717, 1.165) is 19.0 Å². The van der Waals surface area contributed by atoms with Gasteiger partial charge in [-0.2, -0.15) is 0 Å². The number of aliphatic hydroxyl groups excluding tert-OH is 1. The Bertz CT molecular complexity index is 180. The number of ketones is 1. The van der Waals surface area contributed by atoms with Crippen LogP contribution < -0.4 is 0 Å². The molecular weight excluding hydrogens is 187 g/mol. The molecule has 75 valence electrons. The summed E-state index contributed by atoms with van der Waals surface area (Å²) in [6, 6.07) is 0. The monoisotopic (exact) mass is 205 g/mol. The highest BCUT2D eigenvalue weighted by molar-refractivity contribution is 8.15. The smallest absolute Gasteiger partial charge is 0.209 e. The zero-order valence-corrected chi connectivity index (χ0v) is 9.00. The van der Waals surface area contributed by atoms with Gasteiger partial charge in [0.1, 0.15) is 11.9 Å². The van der Waals surface area contributed by atoms with Gasteiger partial charge in [0.25, 0.3) is 0 Å². The molecule has 0 saturated carbocycles. The van der Waals surface area contributed by atoms with Gasteiger partial charge in [0.15, 0.2) is 0 Å². The van der Waals surface area contributed by atoms with E-state index in [1.54, 1.807) is 6.92 Å². The Hall–Kier alpha value is 0.00494. The maximum atomic E-state index is 11.2. The van der Waals surface area contributed by atoms with Gasteiger partial charge in [0.05, 0.1) is 6.10 Å². The van der Waals surface area contributed by atoms with Crippen molar-refractivity contribution in [1.82, 2.24) is 0 Å². The van der Waals surface area contributed by atoms with E-state index < -0.39 is 12.2 Å². The first-order valence-corrected chi connectivity index (χ1v) is 5.05. The van der Waals surface area contributed by atoms with Crippen LogP contribution in [0.5, 0.6) is 0 Å². The van der Waals surface area contributed by atoms with Gasteiger partial charge in [-0.3, -0.25) is 4.79 Å². The van der Waals surface area contributed by atoms with Crippen LogP contribution in [-0.4, -0.2) is 31.5 Å². The molecule has 0 aliphatic heterocycles. The lowest BCUT2D eigenvalue weighted by Crippen LogP contribution is -2.36. The standard InChI is InChI=1S/C8H16BO3S/c1-4-7(5(2)10)8(6(3)11)12-13-9/h6-9,11H,4H2,1-3H3/t6-,7-,8-/m0/s1/i9T. The molecule has 0 saturated heterocycles. The summed E-state index contributed by atoms with van der Waals surface area (Å²) in [6.07, 6.45) is -0.621. The SMILES string of the molecule is [3H][B]SO[C@@H]([C@H](C)O)[C@@H](CC)C(C)=O. The van der Waals surface area contributed by atoms with E-state index in [9.17, 15) is 9.90 Å². The van der Waals surface area contributed by atoms with Crippen molar-refractivity contribution in [3.05, 3.63) is 0 Å². The summed E-state index contributed by atoms with van der Waals surface area (Å²) in [5.74, 6) is -0.300. The third kappa shape index (κ3) is 4.16. The third-order valence-corrected chi connectivity index (χ3v) is 2.33.